The van der Waals surface area contributed by atoms with Gasteiger partial charge in [0.05, 0.1) is 18.8 Å². The van der Waals surface area contributed by atoms with Gasteiger partial charge in [-0.05, 0) is 50.8 Å². The van der Waals surface area contributed by atoms with Gasteiger partial charge >= 0.3 is 0 Å². The van der Waals surface area contributed by atoms with Gasteiger partial charge in [-0.3, -0.25) is 0 Å². The van der Waals surface area contributed by atoms with E-state index >= 15 is 0 Å². The highest BCUT2D eigenvalue weighted by atomic mass is 32.1. The van der Waals surface area contributed by atoms with Crippen molar-refractivity contribution in [2.45, 2.75) is 46.7 Å². The number of nitrogens with one attached hydrogen (secondary N) is 2. The first kappa shape index (κ1) is 18.7. The number of aromatic nitrogens is 1. The minimum absolute atomic E-state index is 0.683. The van der Waals surface area contributed by atoms with Crippen molar-refractivity contribution in [3.05, 3.63) is 44.9 Å². The van der Waals surface area contributed by atoms with Crippen molar-refractivity contribution in [1.82, 2.24) is 15.6 Å². The molecule has 3 rings (SSSR count). The molecular formula is C20H29N5S. The summed E-state index contributed by atoms with van der Waals surface area (Å²) in [5.41, 5.74) is 5.19. The molecule has 1 aromatic heterocycles. The molecule has 1 aromatic carbocycles. The predicted molar refractivity (Wildman–Crippen MR) is 111 cm³/mol. The van der Waals surface area contributed by atoms with Crippen LogP contribution in [0, 0.1) is 13.8 Å². The van der Waals surface area contributed by atoms with Crippen molar-refractivity contribution in [2.24, 2.45) is 4.99 Å². The Kier molecular flexibility index (Phi) is 6.14. The second-order valence-corrected chi connectivity index (χ2v) is 8.07. The summed E-state index contributed by atoms with van der Waals surface area (Å²) in [5.74, 6) is 0.841. The van der Waals surface area contributed by atoms with Gasteiger partial charge in [0.15, 0.2) is 5.96 Å². The molecule has 1 aliphatic heterocycles. The number of benzene rings is 1. The number of hydrogen-bond donors (Lipinski definition) is 2. The maximum atomic E-state index is 4.75. The van der Waals surface area contributed by atoms with E-state index in [-0.39, 0.29) is 0 Å². The van der Waals surface area contributed by atoms with Crippen molar-refractivity contribution in [3.8, 4) is 0 Å². The van der Waals surface area contributed by atoms with Gasteiger partial charge in [0.2, 0.25) is 0 Å². The number of nitrogens with zero attached hydrogens (tertiary/aromatic N) is 3. The molecular weight excluding hydrogens is 342 g/mol. The zero-order valence-corrected chi connectivity index (χ0v) is 17.0. The minimum Gasteiger partial charge on any atom is -0.374 e. The second-order valence-electron chi connectivity index (χ2n) is 6.79. The van der Waals surface area contributed by atoms with E-state index in [1.165, 1.54) is 28.1 Å². The number of guanidine groups is 1. The summed E-state index contributed by atoms with van der Waals surface area (Å²) in [6.45, 7) is 9.64. The number of fused-ring (bicyclic) bond motifs is 1. The molecule has 2 aromatic rings. The van der Waals surface area contributed by atoms with Crippen molar-refractivity contribution in [2.75, 3.05) is 25.0 Å². The molecule has 6 heteroatoms. The third kappa shape index (κ3) is 4.55. The zero-order valence-electron chi connectivity index (χ0n) is 16.2. The quantitative estimate of drug-likeness (QED) is 0.625. The van der Waals surface area contributed by atoms with Gasteiger partial charge in [-0.1, -0.05) is 12.1 Å². The summed E-state index contributed by atoms with van der Waals surface area (Å²) in [7, 11) is 2.17. The van der Waals surface area contributed by atoms with Gasteiger partial charge in [0.1, 0.15) is 5.01 Å². The van der Waals surface area contributed by atoms with E-state index in [0.29, 0.717) is 13.1 Å². The molecule has 0 amide bonds. The largest absolute Gasteiger partial charge is 0.374 e. The highest BCUT2D eigenvalue weighted by Gasteiger charge is 2.13. The number of anilines is 1. The zero-order chi connectivity index (χ0) is 18.5. The molecule has 0 bridgehead atoms. The van der Waals surface area contributed by atoms with Crippen LogP contribution in [0.1, 0.15) is 40.1 Å². The lowest BCUT2D eigenvalue weighted by Crippen LogP contribution is -2.36. The lowest BCUT2D eigenvalue weighted by atomic mass is 10.00. The Labute approximate surface area is 160 Å². The summed E-state index contributed by atoms with van der Waals surface area (Å²) in [4.78, 5) is 13.0. The smallest absolute Gasteiger partial charge is 0.191 e. The van der Waals surface area contributed by atoms with Crippen LogP contribution in [0.5, 0.6) is 0 Å². The Balaban J connectivity index is 1.65. The molecule has 2 N–H and O–H groups in total. The average Bonchev–Trinajstić information content (AvgIpc) is 2.95. The Morgan fingerprint density at radius 1 is 1.31 bits per heavy atom. The molecule has 0 aliphatic carbocycles. The fraction of sp³-hybridized carbons (Fsp3) is 0.500. The van der Waals surface area contributed by atoms with Crippen LogP contribution in [0.3, 0.4) is 0 Å². The van der Waals surface area contributed by atoms with Crippen molar-refractivity contribution in [1.29, 1.82) is 0 Å². The summed E-state index contributed by atoms with van der Waals surface area (Å²) < 4.78 is 0. The van der Waals surface area contributed by atoms with Gasteiger partial charge in [-0.25, -0.2) is 9.98 Å². The molecule has 5 nitrogen and oxygen atoms in total. The molecule has 1 aliphatic rings. The number of aryl methyl sites for hydroxylation is 3. The van der Waals surface area contributed by atoms with E-state index in [9.17, 15) is 0 Å². The summed E-state index contributed by atoms with van der Waals surface area (Å²) >= 11 is 1.74. The number of aliphatic imine (C=N–C) groups is 1. The Bertz CT molecular complexity index is 761. The third-order valence-corrected chi connectivity index (χ3v) is 5.81. The highest BCUT2D eigenvalue weighted by Crippen LogP contribution is 2.27. The van der Waals surface area contributed by atoms with Crippen LogP contribution in [0.2, 0.25) is 0 Å². The Morgan fingerprint density at radius 3 is 2.88 bits per heavy atom. The maximum Gasteiger partial charge on any atom is 0.191 e. The number of thiazole rings is 1. The highest BCUT2D eigenvalue weighted by molar-refractivity contribution is 7.11. The molecule has 0 spiro atoms. The molecule has 2 heterocycles. The standard InChI is InChI=1S/C20H29N5S/c1-5-21-20(23-13-19-24-14(2)15(3)26-19)22-12-16-8-9-18-17(11-16)7-6-10-25(18)4/h8-9,11H,5-7,10,12-13H2,1-4H3,(H2,21,22,23). The average molecular weight is 372 g/mol. The summed E-state index contributed by atoms with van der Waals surface area (Å²) in [5, 5.41) is 7.82. The van der Waals surface area contributed by atoms with Crippen molar-refractivity contribution < 1.29 is 0 Å². The van der Waals surface area contributed by atoms with E-state index < -0.39 is 0 Å². The predicted octanol–water partition coefficient (Wildman–Crippen LogP) is 3.40. The second kappa shape index (κ2) is 8.54. The van der Waals surface area contributed by atoms with E-state index in [4.69, 9.17) is 4.99 Å². The maximum absolute atomic E-state index is 4.75. The molecule has 26 heavy (non-hydrogen) atoms. The topological polar surface area (TPSA) is 52.6 Å². The van der Waals surface area contributed by atoms with Crippen LogP contribution < -0.4 is 15.5 Å². The van der Waals surface area contributed by atoms with Crippen LogP contribution in [-0.4, -0.2) is 31.1 Å². The van der Waals surface area contributed by atoms with Crippen LogP contribution in [0.25, 0.3) is 0 Å². The molecule has 0 saturated heterocycles. The molecule has 0 atom stereocenters. The van der Waals surface area contributed by atoms with E-state index in [1.54, 1.807) is 11.3 Å². The van der Waals surface area contributed by atoms with Crippen LogP contribution in [0.15, 0.2) is 23.2 Å². The number of hydrogen-bond acceptors (Lipinski definition) is 4. The number of rotatable bonds is 5. The fourth-order valence-corrected chi connectivity index (χ4v) is 4.10. The van der Waals surface area contributed by atoms with Crippen LogP contribution in [0.4, 0.5) is 5.69 Å². The molecule has 140 valence electrons. The molecule has 0 fully saturated rings. The minimum atomic E-state index is 0.683. The van der Waals surface area contributed by atoms with Crippen molar-refractivity contribution >= 4 is 23.0 Å². The monoisotopic (exact) mass is 371 g/mol. The molecule has 0 unspecified atom stereocenters. The van der Waals surface area contributed by atoms with Crippen molar-refractivity contribution in [3.63, 3.8) is 0 Å². The summed E-state index contributed by atoms with van der Waals surface area (Å²) in [6.07, 6.45) is 2.39. The SMILES string of the molecule is CCNC(=NCc1ccc2c(c1)CCCN2C)NCc1nc(C)c(C)s1. The first-order valence-corrected chi connectivity index (χ1v) is 10.2. The van der Waals surface area contributed by atoms with Gasteiger partial charge in [-0.2, -0.15) is 0 Å². The van der Waals surface area contributed by atoms with Gasteiger partial charge in [-0.15, -0.1) is 11.3 Å². The first-order chi connectivity index (χ1) is 12.6. The van der Waals surface area contributed by atoms with E-state index in [1.807, 2.05) is 0 Å². The lowest BCUT2D eigenvalue weighted by molar-refractivity contribution is 0.742. The van der Waals surface area contributed by atoms with Crippen LogP contribution in [-0.2, 0) is 19.5 Å². The normalized spacial score (nSPS) is 14.3. The van der Waals surface area contributed by atoms with Crippen LogP contribution >= 0.6 is 11.3 Å². The Morgan fingerprint density at radius 2 is 2.15 bits per heavy atom. The fourth-order valence-electron chi connectivity index (χ4n) is 3.22. The molecule has 0 radical (unpaired) electrons. The van der Waals surface area contributed by atoms with Gasteiger partial charge < -0.3 is 15.5 Å². The Hall–Kier alpha value is -2.08. The van der Waals surface area contributed by atoms with Gasteiger partial charge in [0, 0.05) is 30.7 Å². The summed E-state index contributed by atoms with van der Waals surface area (Å²) in [6, 6.07) is 6.74. The lowest BCUT2D eigenvalue weighted by Gasteiger charge is -2.27. The molecule has 0 saturated carbocycles. The van der Waals surface area contributed by atoms with E-state index in [2.05, 4.69) is 66.5 Å². The third-order valence-electron chi connectivity index (χ3n) is 4.74. The van der Waals surface area contributed by atoms with E-state index in [0.717, 1.165) is 36.2 Å². The van der Waals surface area contributed by atoms with Gasteiger partial charge in [0.25, 0.3) is 0 Å². The first-order valence-electron chi connectivity index (χ1n) is 9.35.